The van der Waals surface area contributed by atoms with Gasteiger partial charge in [0, 0.05) is 6.42 Å². The minimum absolute atomic E-state index is 0.0829. The lowest BCUT2D eigenvalue weighted by molar-refractivity contribution is -0.116. The number of carbonyl (C=O) groups is 1. The largest absolute Gasteiger partial charge is 0.341 e. The molecule has 0 bridgehead atoms. The maximum absolute atomic E-state index is 12.7. The number of anilines is 1. The Bertz CT molecular complexity index is 656. The normalized spacial score (nSPS) is 16.3. The van der Waals surface area contributed by atoms with Crippen molar-refractivity contribution < 1.29 is 22.0 Å². The highest BCUT2D eigenvalue weighted by molar-refractivity contribution is 7.91. The van der Waals surface area contributed by atoms with Crippen molar-refractivity contribution >= 4 is 21.4 Å². The first-order chi connectivity index (χ1) is 11.4. The molecule has 0 saturated heterocycles. The molecule has 0 radical (unpaired) electrons. The third kappa shape index (κ3) is 5.00. The Morgan fingerprint density at radius 3 is 2.50 bits per heavy atom. The molecule has 24 heavy (non-hydrogen) atoms. The fourth-order valence-electron chi connectivity index (χ4n) is 3.15. The predicted octanol–water partition coefficient (Wildman–Crippen LogP) is 4.37. The van der Waals surface area contributed by atoms with Crippen molar-refractivity contribution in [1.29, 1.82) is 0 Å². The van der Waals surface area contributed by atoms with Crippen LogP contribution in [0.15, 0.2) is 29.2 Å². The van der Waals surface area contributed by atoms with Gasteiger partial charge in [-0.2, -0.15) is 8.78 Å². The van der Waals surface area contributed by atoms with E-state index >= 15 is 0 Å². The highest BCUT2D eigenvalue weighted by Crippen LogP contribution is 2.28. The first kappa shape index (κ1) is 18.8. The number of hydrogen-bond donors (Lipinski definition) is 1. The zero-order valence-corrected chi connectivity index (χ0v) is 14.3. The number of sulfone groups is 1. The van der Waals surface area contributed by atoms with E-state index in [1.54, 1.807) is 0 Å². The van der Waals surface area contributed by atoms with E-state index in [9.17, 15) is 22.0 Å². The van der Waals surface area contributed by atoms with E-state index in [-0.39, 0.29) is 18.0 Å². The topological polar surface area (TPSA) is 63.2 Å². The summed E-state index contributed by atoms with van der Waals surface area (Å²) in [6, 6.07) is 5.27. The van der Waals surface area contributed by atoms with Gasteiger partial charge < -0.3 is 5.32 Å². The maximum Gasteiger partial charge on any atom is 0.341 e. The summed E-state index contributed by atoms with van der Waals surface area (Å²) < 4.78 is 48.8. The summed E-state index contributed by atoms with van der Waals surface area (Å²) >= 11 is 0. The maximum atomic E-state index is 12.7. The van der Waals surface area contributed by atoms with Crippen LogP contribution in [0.25, 0.3) is 0 Å². The van der Waals surface area contributed by atoms with Crippen molar-refractivity contribution in [3.05, 3.63) is 24.3 Å². The third-order valence-electron chi connectivity index (χ3n) is 4.44. The van der Waals surface area contributed by atoms with Gasteiger partial charge in [-0.15, -0.1) is 0 Å². The molecule has 0 unspecified atom stereocenters. The van der Waals surface area contributed by atoms with Crippen LogP contribution in [0.5, 0.6) is 0 Å². The lowest BCUT2D eigenvalue weighted by Crippen LogP contribution is -2.18. The van der Waals surface area contributed by atoms with E-state index in [0.29, 0.717) is 5.92 Å². The molecule has 1 N–H and O–H groups in total. The summed E-state index contributed by atoms with van der Waals surface area (Å²) in [6.07, 6.45) is 8.15. The Labute approximate surface area is 141 Å². The second-order valence-electron chi connectivity index (χ2n) is 6.25. The molecule has 1 amide bonds. The monoisotopic (exact) mass is 359 g/mol. The zero-order valence-electron chi connectivity index (χ0n) is 13.5. The summed E-state index contributed by atoms with van der Waals surface area (Å²) in [7, 11) is -4.74. The zero-order chi connectivity index (χ0) is 17.6. The van der Waals surface area contributed by atoms with Crippen molar-refractivity contribution in [2.45, 2.75) is 62.0 Å². The van der Waals surface area contributed by atoms with Crippen molar-refractivity contribution in [3.63, 3.8) is 0 Å². The Kier molecular flexibility index (Phi) is 6.71. The van der Waals surface area contributed by atoms with Crippen molar-refractivity contribution in [2.24, 2.45) is 5.92 Å². The molecule has 1 aromatic rings. The van der Waals surface area contributed by atoms with Crippen LogP contribution < -0.4 is 5.32 Å². The van der Waals surface area contributed by atoms with Crippen LogP contribution >= 0.6 is 0 Å². The quantitative estimate of drug-likeness (QED) is 0.786. The van der Waals surface area contributed by atoms with Gasteiger partial charge in [-0.3, -0.25) is 4.79 Å². The van der Waals surface area contributed by atoms with Crippen LogP contribution in [0.2, 0.25) is 0 Å². The number of alkyl halides is 2. The fraction of sp³-hybridized carbons (Fsp3) is 0.588. The molecule has 134 valence electrons. The number of para-hydroxylation sites is 1. The van der Waals surface area contributed by atoms with Crippen molar-refractivity contribution in [2.75, 3.05) is 5.32 Å². The van der Waals surface area contributed by atoms with E-state index in [2.05, 4.69) is 5.32 Å². The van der Waals surface area contributed by atoms with Crippen LogP contribution in [0.4, 0.5) is 14.5 Å². The third-order valence-corrected chi connectivity index (χ3v) is 5.88. The average Bonchev–Trinajstić information content (AvgIpc) is 2.56. The van der Waals surface area contributed by atoms with E-state index in [4.69, 9.17) is 0 Å². The first-order valence-electron chi connectivity index (χ1n) is 8.32. The molecule has 1 aliphatic carbocycles. The molecule has 7 heteroatoms. The summed E-state index contributed by atoms with van der Waals surface area (Å²) in [5.41, 5.74) is -0.0829. The first-order valence-corrected chi connectivity index (χ1v) is 9.87. The summed E-state index contributed by atoms with van der Waals surface area (Å²) in [4.78, 5) is 11.5. The average molecular weight is 359 g/mol. The minimum atomic E-state index is -4.74. The number of halogens is 2. The highest BCUT2D eigenvalue weighted by atomic mass is 32.2. The lowest BCUT2D eigenvalue weighted by Gasteiger charge is -2.21. The Morgan fingerprint density at radius 1 is 1.17 bits per heavy atom. The predicted molar refractivity (Wildman–Crippen MR) is 88.7 cm³/mol. The van der Waals surface area contributed by atoms with Crippen LogP contribution in [-0.4, -0.2) is 20.1 Å². The number of benzene rings is 1. The van der Waals surface area contributed by atoms with Gasteiger partial charge in [-0.25, -0.2) is 8.42 Å². The van der Waals surface area contributed by atoms with Gasteiger partial charge in [-0.05, 0) is 30.9 Å². The van der Waals surface area contributed by atoms with Crippen molar-refractivity contribution in [1.82, 2.24) is 0 Å². The molecular formula is C17H23F2NO3S. The molecule has 1 saturated carbocycles. The highest BCUT2D eigenvalue weighted by Gasteiger charge is 2.29. The second-order valence-corrected chi connectivity index (χ2v) is 8.13. The minimum Gasteiger partial charge on any atom is -0.325 e. The van der Waals surface area contributed by atoms with Gasteiger partial charge in [0.05, 0.1) is 10.6 Å². The number of nitrogens with one attached hydrogen (secondary N) is 1. The van der Waals surface area contributed by atoms with Crippen LogP contribution in [-0.2, 0) is 14.6 Å². The lowest BCUT2D eigenvalue weighted by atomic mass is 9.86. The van der Waals surface area contributed by atoms with Crippen LogP contribution in [0.3, 0.4) is 0 Å². The second kappa shape index (κ2) is 8.55. The van der Waals surface area contributed by atoms with Crippen LogP contribution in [0.1, 0.15) is 51.4 Å². The van der Waals surface area contributed by atoms with E-state index in [0.717, 1.165) is 18.9 Å². The van der Waals surface area contributed by atoms with Gasteiger partial charge in [0.15, 0.2) is 0 Å². The molecule has 1 fully saturated rings. The van der Waals surface area contributed by atoms with Gasteiger partial charge in [0.1, 0.15) is 0 Å². The molecule has 0 spiro atoms. The molecule has 1 aromatic carbocycles. The van der Waals surface area contributed by atoms with Gasteiger partial charge in [0.2, 0.25) is 15.7 Å². The van der Waals surface area contributed by atoms with Crippen molar-refractivity contribution in [3.8, 4) is 0 Å². The number of carbonyl (C=O) groups excluding carboxylic acids is 1. The Hall–Kier alpha value is -1.50. The fourth-order valence-corrected chi connectivity index (χ4v) is 4.04. The number of amides is 1. The number of rotatable bonds is 7. The number of hydrogen-bond acceptors (Lipinski definition) is 3. The summed E-state index contributed by atoms with van der Waals surface area (Å²) in [6.45, 7) is 0. The summed E-state index contributed by atoms with van der Waals surface area (Å²) in [5, 5.41) is 2.46. The van der Waals surface area contributed by atoms with Gasteiger partial charge >= 0.3 is 5.76 Å². The van der Waals surface area contributed by atoms with E-state index in [1.165, 1.54) is 50.3 Å². The smallest absolute Gasteiger partial charge is 0.325 e. The molecule has 0 aliphatic heterocycles. The molecule has 0 heterocycles. The Morgan fingerprint density at radius 2 is 1.83 bits per heavy atom. The molecule has 0 aromatic heterocycles. The SMILES string of the molecule is O=C(CCCC1CCCCC1)Nc1ccccc1S(=O)(=O)C(F)F. The Balaban J connectivity index is 1.92. The van der Waals surface area contributed by atoms with E-state index < -0.39 is 20.5 Å². The van der Waals surface area contributed by atoms with Gasteiger partial charge in [-0.1, -0.05) is 44.2 Å². The standard InChI is InChI=1S/C17H23F2NO3S/c18-17(19)24(22,23)15-11-5-4-10-14(15)20-16(21)12-6-9-13-7-2-1-3-8-13/h4-5,10-11,13,17H,1-3,6-9,12H2,(H,20,21). The molecule has 2 rings (SSSR count). The molecule has 0 atom stereocenters. The molecular weight excluding hydrogens is 336 g/mol. The molecule has 1 aliphatic rings. The van der Waals surface area contributed by atoms with Gasteiger partial charge in [0.25, 0.3) is 0 Å². The summed E-state index contributed by atoms with van der Waals surface area (Å²) in [5.74, 6) is -3.19. The van der Waals surface area contributed by atoms with E-state index in [1.807, 2.05) is 0 Å². The molecule has 4 nitrogen and oxygen atoms in total. The van der Waals surface area contributed by atoms with Crippen LogP contribution in [0, 0.1) is 5.92 Å².